The van der Waals surface area contributed by atoms with Crippen molar-refractivity contribution in [3.63, 3.8) is 0 Å². The topological polar surface area (TPSA) is 103 Å². The molecule has 2 aliphatic heterocycles. The summed E-state index contributed by atoms with van der Waals surface area (Å²) in [5.74, 6) is 0.769. The molecule has 38 heavy (non-hydrogen) atoms. The molecule has 3 heterocycles. The minimum Gasteiger partial charge on any atom is -0.379 e. The summed E-state index contributed by atoms with van der Waals surface area (Å²) in [5, 5.41) is 7.19. The van der Waals surface area contributed by atoms with Crippen molar-refractivity contribution in [2.75, 3.05) is 75.0 Å². The van der Waals surface area contributed by atoms with Crippen LogP contribution in [0.25, 0.3) is 0 Å². The molecule has 0 spiro atoms. The number of urea groups is 1. The molecule has 2 fully saturated rings. The Labute approximate surface area is 241 Å². The third kappa shape index (κ3) is 8.00. The first-order valence-corrected chi connectivity index (χ1v) is 14.4. The summed E-state index contributed by atoms with van der Waals surface area (Å²) >= 11 is 19.8. The van der Waals surface area contributed by atoms with E-state index in [4.69, 9.17) is 39.5 Å². The largest absolute Gasteiger partial charge is 0.379 e. The monoisotopic (exact) mass is 601 g/mol. The lowest BCUT2D eigenvalue weighted by Crippen LogP contribution is -2.55. The number of ether oxygens (including phenoxy) is 1. The van der Waals surface area contributed by atoms with Gasteiger partial charge in [0, 0.05) is 57.9 Å². The molecule has 10 nitrogen and oxygen atoms in total. The lowest BCUT2D eigenvalue weighted by atomic mass is 10.2. The number of nitrogens with zero attached hydrogens (tertiary/aromatic N) is 5. The highest BCUT2D eigenvalue weighted by atomic mass is 35.5. The molecule has 206 valence electrons. The summed E-state index contributed by atoms with van der Waals surface area (Å²) < 4.78 is 5.34. The maximum atomic E-state index is 12.9. The highest BCUT2D eigenvalue weighted by Crippen LogP contribution is 2.30. The predicted molar refractivity (Wildman–Crippen MR) is 152 cm³/mol. The molecule has 1 aromatic carbocycles. The molecule has 0 bridgehead atoms. The molecule has 2 aromatic rings. The Morgan fingerprint density at radius 2 is 1.92 bits per heavy atom. The SMILES string of the molecule is CC1CN(c2cc(Cl)nc(SCC(=O)NCCN3CCOCC3)n2)CCN1C(=O)Nc1cccc(Cl)c1Cl. The molecule has 0 saturated carbocycles. The zero-order valence-corrected chi connectivity index (χ0v) is 24.0. The van der Waals surface area contributed by atoms with Gasteiger partial charge in [0.15, 0.2) is 5.16 Å². The Bertz CT molecular complexity index is 1140. The number of carbonyl (C=O) groups is 2. The maximum Gasteiger partial charge on any atom is 0.322 e. The van der Waals surface area contributed by atoms with Crippen LogP contribution < -0.4 is 15.5 Å². The maximum absolute atomic E-state index is 12.9. The molecule has 4 rings (SSSR count). The van der Waals surface area contributed by atoms with E-state index in [1.54, 1.807) is 29.2 Å². The summed E-state index contributed by atoms with van der Waals surface area (Å²) in [6.07, 6.45) is 0. The van der Waals surface area contributed by atoms with E-state index in [1.165, 1.54) is 11.8 Å². The number of piperazine rings is 1. The molecule has 1 aromatic heterocycles. The molecule has 2 saturated heterocycles. The summed E-state index contributed by atoms with van der Waals surface area (Å²) in [7, 11) is 0. The Morgan fingerprint density at radius 1 is 1.13 bits per heavy atom. The molecule has 0 radical (unpaired) electrons. The Kier molecular flexibility index (Phi) is 10.6. The van der Waals surface area contributed by atoms with Gasteiger partial charge in [0.25, 0.3) is 0 Å². The molecule has 0 aliphatic carbocycles. The highest BCUT2D eigenvalue weighted by Gasteiger charge is 2.29. The van der Waals surface area contributed by atoms with E-state index in [1.807, 2.05) is 6.92 Å². The van der Waals surface area contributed by atoms with Gasteiger partial charge >= 0.3 is 6.03 Å². The van der Waals surface area contributed by atoms with Crippen LogP contribution >= 0.6 is 46.6 Å². The van der Waals surface area contributed by atoms with E-state index in [0.717, 1.165) is 32.8 Å². The van der Waals surface area contributed by atoms with E-state index < -0.39 is 0 Å². The zero-order chi connectivity index (χ0) is 27.1. The number of thioether (sulfide) groups is 1. The lowest BCUT2D eigenvalue weighted by molar-refractivity contribution is -0.118. The van der Waals surface area contributed by atoms with Crippen LogP contribution in [0.2, 0.25) is 15.2 Å². The minimum atomic E-state index is -0.252. The second-order valence-corrected chi connectivity index (χ2v) is 11.1. The number of hydrogen-bond acceptors (Lipinski definition) is 8. The van der Waals surface area contributed by atoms with Crippen LogP contribution in [0.4, 0.5) is 16.3 Å². The van der Waals surface area contributed by atoms with Gasteiger partial charge in [-0.1, -0.05) is 52.6 Å². The average molecular weight is 603 g/mol. The van der Waals surface area contributed by atoms with E-state index >= 15 is 0 Å². The molecule has 1 unspecified atom stereocenters. The molecule has 1 atom stereocenters. The number of anilines is 2. The molecule has 14 heteroatoms. The summed E-state index contributed by atoms with van der Waals surface area (Å²) in [6.45, 7) is 8.16. The number of halogens is 3. The molecule has 3 amide bonds. The van der Waals surface area contributed by atoms with Crippen molar-refractivity contribution in [1.82, 2.24) is 25.1 Å². The number of benzene rings is 1. The fraction of sp³-hybridized carbons (Fsp3) is 0.500. The Morgan fingerprint density at radius 3 is 2.68 bits per heavy atom. The number of aromatic nitrogens is 2. The van der Waals surface area contributed by atoms with E-state index in [2.05, 4.69) is 30.4 Å². The molecular formula is C24H30Cl3N7O3S. The fourth-order valence-electron chi connectivity index (χ4n) is 4.23. The van der Waals surface area contributed by atoms with E-state index in [0.29, 0.717) is 58.0 Å². The van der Waals surface area contributed by atoms with Crippen molar-refractivity contribution in [2.24, 2.45) is 0 Å². The first-order chi connectivity index (χ1) is 18.3. The smallest absolute Gasteiger partial charge is 0.322 e. The summed E-state index contributed by atoms with van der Waals surface area (Å²) in [4.78, 5) is 40.2. The van der Waals surface area contributed by atoms with Gasteiger partial charge in [-0.3, -0.25) is 9.69 Å². The quantitative estimate of drug-likeness (QED) is 0.268. The third-order valence-corrected chi connectivity index (χ3v) is 8.11. The predicted octanol–water partition coefficient (Wildman–Crippen LogP) is 3.72. The van der Waals surface area contributed by atoms with Crippen molar-refractivity contribution in [1.29, 1.82) is 0 Å². The number of amides is 3. The van der Waals surface area contributed by atoms with Crippen molar-refractivity contribution in [3.8, 4) is 0 Å². The molecular weight excluding hydrogens is 573 g/mol. The van der Waals surface area contributed by atoms with E-state index in [9.17, 15) is 9.59 Å². The number of nitrogens with one attached hydrogen (secondary N) is 2. The van der Waals surface area contributed by atoms with Crippen molar-refractivity contribution >= 4 is 70.0 Å². The van der Waals surface area contributed by atoms with Crippen LogP contribution in [0.1, 0.15) is 6.92 Å². The number of morpholine rings is 1. The zero-order valence-electron chi connectivity index (χ0n) is 21.0. The second-order valence-electron chi connectivity index (χ2n) is 8.94. The van der Waals surface area contributed by atoms with Gasteiger partial charge < -0.3 is 25.2 Å². The molecule has 2 N–H and O–H groups in total. The van der Waals surface area contributed by atoms with Gasteiger partial charge in [-0.15, -0.1) is 0 Å². The van der Waals surface area contributed by atoms with Crippen molar-refractivity contribution in [2.45, 2.75) is 18.1 Å². The van der Waals surface area contributed by atoms with Crippen molar-refractivity contribution in [3.05, 3.63) is 39.5 Å². The van der Waals surface area contributed by atoms with Gasteiger partial charge in [0.2, 0.25) is 5.91 Å². The molecule has 2 aliphatic rings. The highest BCUT2D eigenvalue weighted by molar-refractivity contribution is 7.99. The third-order valence-electron chi connectivity index (χ3n) is 6.25. The van der Waals surface area contributed by atoms with Crippen molar-refractivity contribution < 1.29 is 14.3 Å². The first-order valence-electron chi connectivity index (χ1n) is 12.3. The normalized spacial score (nSPS) is 18.4. The number of rotatable bonds is 8. The van der Waals surface area contributed by atoms with Gasteiger partial charge in [-0.05, 0) is 19.1 Å². The fourth-order valence-corrected chi connectivity index (χ4v) is 5.48. The van der Waals surface area contributed by atoms with Crippen LogP contribution in [0.5, 0.6) is 0 Å². The van der Waals surface area contributed by atoms with Gasteiger partial charge in [0.1, 0.15) is 11.0 Å². The van der Waals surface area contributed by atoms with E-state index in [-0.39, 0.29) is 23.7 Å². The minimum absolute atomic E-state index is 0.0820. The Balaban J connectivity index is 1.27. The second kappa shape index (κ2) is 13.9. The van der Waals surface area contributed by atoms with Gasteiger partial charge in [-0.2, -0.15) is 0 Å². The van der Waals surface area contributed by atoms with Gasteiger partial charge in [0.05, 0.1) is 34.7 Å². The van der Waals surface area contributed by atoms with Crippen LogP contribution in [-0.4, -0.2) is 103 Å². The van der Waals surface area contributed by atoms with Crippen LogP contribution in [-0.2, 0) is 9.53 Å². The Hall–Kier alpha value is -2.02. The van der Waals surface area contributed by atoms with Crippen LogP contribution in [0, 0.1) is 0 Å². The van der Waals surface area contributed by atoms with Crippen LogP contribution in [0.15, 0.2) is 29.4 Å². The summed E-state index contributed by atoms with van der Waals surface area (Å²) in [6, 6.07) is 6.44. The average Bonchev–Trinajstić information content (AvgIpc) is 2.90. The standard InChI is InChI=1S/C24H30Cl3N7O3S/c1-16-14-33(7-8-34(16)24(36)29-18-4-2-3-17(25)22(18)27)20-13-19(26)30-23(31-20)38-15-21(35)28-5-6-32-9-11-37-12-10-32/h2-4,13,16H,5-12,14-15H2,1H3,(H,28,35)(H,29,36). The number of hydrogen-bond donors (Lipinski definition) is 2. The summed E-state index contributed by atoms with van der Waals surface area (Å²) in [5.41, 5.74) is 0.466. The number of carbonyl (C=O) groups excluding carboxylic acids is 2. The van der Waals surface area contributed by atoms with Gasteiger partial charge in [-0.25, -0.2) is 14.8 Å². The first kappa shape index (κ1) is 29.0. The lowest BCUT2D eigenvalue weighted by Gasteiger charge is -2.40. The van der Waals surface area contributed by atoms with Crippen LogP contribution in [0.3, 0.4) is 0 Å².